The summed E-state index contributed by atoms with van der Waals surface area (Å²) in [5, 5.41) is 7.08. The van der Waals surface area contributed by atoms with E-state index in [0.29, 0.717) is 185 Å². The Balaban J connectivity index is 1.08. The minimum Gasteiger partial charge on any atom is -0.379 e. The number of carbonyl (C=O) groups is 3. The number of amides is 2. The maximum atomic E-state index is 13.9. The van der Waals surface area contributed by atoms with Crippen molar-refractivity contribution in [2.45, 2.75) is 52.0 Å². The minimum absolute atomic E-state index is 0.0612. The van der Waals surface area contributed by atoms with E-state index >= 15 is 0 Å². The Hall–Kier alpha value is -4.39. The van der Waals surface area contributed by atoms with E-state index in [4.69, 9.17) is 49.7 Å². The number of aliphatic imine (C=N–C) groups is 1. The van der Waals surface area contributed by atoms with Gasteiger partial charge < -0.3 is 55.0 Å². The molecule has 0 bridgehead atoms. The molecule has 2 unspecified atom stereocenters. The summed E-state index contributed by atoms with van der Waals surface area (Å²) in [6.07, 6.45) is 6.96. The smallest absolute Gasteiger partial charge is 0.227 e. The molecule has 0 spiro atoms. The summed E-state index contributed by atoms with van der Waals surface area (Å²) in [6, 6.07) is 15.4. The number of anilines is 1. The Kier molecular flexibility index (Phi) is 24.8. The lowest BCUT2D eigenvalue weighted by atomic mass is 9.80. The van der Waals surface area contributed by atoms with Crippen LogP contribution in [0, 0.1) is 11.8 Å². The van der Waals surface area contributed by atoms with Crippen LogP contribution in [0.4, 0.5) is 5.69 Å². The molecule has 2 atom stereocenters. The van der Waals surface area contributed by atoms with Crippen LogP contribution in [0.2, 0.25) is 0 Å². The number of unbranched alkanes of at least 4 members (excludes halogenated alkanes) is 1. The van der Waals surface area contributed by atoms with Crippen molar-refractivity contribution in [1.29, 1.82) is 0 Å². The third-order valence-corrected chi connectivity index (χ3v) is 10.3. The number of hydrazone groups is 1. The van der Waals surface area contributed by atoms with Gasteiger partial charge in [-0.2, -0.15) is 5.10 Å². The number of carbonyl (C=O) groups excluding carboxylic acids is 3. The second kappa shape index (κ2) is 30.6. The first-order chi connectivity index (χ1) is 30.4. The topological polar surface area (TPSA) is 208 Å². The fourth-order valence-electron chi connectivity index (χ4n) is 6.77. The molecule has 1 heterocycles. The van der Waals surface area contributed by atoms with Gasteiger partial charge in [0.25, 0.3) is 0 Å². The number of ketones is 1. The predicted molar refractivity (Wildman–Crippen MR) is 239 cm³/mol. The molecule has 0 saturated carbocycles. The number of nitrogens with zero attached hydrogens (tertiary/aromatic N) is 3. The standard InChI is InChI=1S/C46H68N6O10/c1-36-14-15-37(36)34-39(53)16-20-56-24-28-60-32-33-62-30-26-58-22-18-49-43(54)12-6-7-13-44(55)52-35-38-8-2-3-9-40(38)45(46(51-48)41-10-4-5-11-42(41)52)50-19-23-59-27-31-61-29-25-57-21-17-47/h2-5,8-11,14-15,36-37H,6-7,12-13,16-35,47-48H2,1H3,(H,49,54)/b50-45?,51-46-. The maximum Gasteiger partial charge on any atom is 0.227 e. The van der Waals surface area contributed by atoms with E-state index < -0.39 is 0 Å². The van der Waals surface area contributed by atoms with Crippen molar-refractivity contribution in [1.82, 2.24) is 5.32 Å². The molecular weight excluding hydrogens is 797 g/mol. The first kappa shape index (κ1) is 50.3. The molecule has 0 fully saturated rings. The van der Waals surface area contributed by atoms with E-state index in [1.54, 1.807) is 4.90 Å². The SMILES string of the molecule is CC1C=CC1CC(=O)CCOCCOCCOCCOCCNC(=O)CCCCC(=O)N1Cc2ccccc2C(=NCCOCCOCCOCCN)/C(=N\N)c2ccccc21. The van der Waals surface area contributed by atoms with Gasteiger partial charge in [0.05, 0.1) is 117 Å². The second-order valence-electron chi connectivity index (χ2n) is 14.9. The molecule has 1 aliphatic heterocycles. The fourth-order valence-corrected chi connectivity index (χ4v) is 6.77. The fraction of sp³-hybridized carbons (Fsp3) is 0.587. The summed E-state index contributed by atoms with van der Waals surface area (Å²) in [5.74, 6) is 7.04. The number of fused-ring (bicyclic) bond motifs is 2. The van der Waals surface area contributed by atoms with Crippen LogP contribution in [-0.4, -0.2) is 141 Å². The van der Waals surface area contributed by atoms with Crippen molar-refractivity contribution < 1.29 is 47.5 Å². The zero-order valence-electron chi connectivity index (χ0n) is 36.5. The number of rotatable bonds is 33. The van der Waals surface area contributed by atoms with Crippen LogP contribution in [0.25, 0.3) is 0 Å². The Morgan fingerprint density at radius 3 is 1.89 bits per heavy atom. The summed E-state index contributed by atoms with van der Waals surface area (Å²) in [4.78, 5) is 45.0. The quantitative estimate of drug-likeness (QED) is 0.0407. The number of hydrogen-bond acceptors (Lipinski definition) is 14. The molecule has 0 aromatic heterocycles. The Morgan fingerprint density at radius 1 is 0.677 bits per heavy atom. The molecule has 4 rings (SSSR count). The molecule has 2 amide bonds. The van der Waals surface area contributed by atoms with Gasteiger partial charge >= 0.3 is 0 Å². The van der Waals surface area contributed by atoms with Crippen molar-refractivity contribution in [3.8, 4) is 0 Å². The number of hydrogen-bond donors (Lipinski definition) is 3. The van der Waals surface area contributed by atoms with Gasteiger partial charge in [-0.25, -0.2) is 0 Å². The summed E-state index contributed by atoms with van der Waals surface area (Å²) < 4.78 is 38.7. The largest absolute Gasteiger partial charge is 0.379 e. The van der Waals surface area contributed by atoms with E-state index in [1.807, 2.05) is 48.5 Å². The summed E-state index contributed by atoms with van der Waals surface area (Å²) in [5.41, 5.74) is 9.69. The molecule has 0 saturated heterocycles. The van der Waals surface area contributed by atoms with Gasteiger partial charge in [-0.1, -0.05) is 61.5 Å². The lowest BCUT2D eigenvalue weighted by molar-refractivity contribution is -0.122. The van der Waals surface area contributed by atoms with Gasteiger partial charge in [0.15, 0.2) is 0 Å². The minimum atomic E-state index is -0.0882. The lowest BCUT2D eigenvalue weighted by Crippen LogP contribution is -2.36. The normalized spacial score (nSPS) is 17.0. The Morgan fingerprint density at radius 2 is 1.26 bits per heavy atom. The summed E-state index contributed by atoms with van der Waals surface area (Å²) in [7, 11) is 0. The van der Waals surface area contributed by atoms with E-state index in [1.165, 1.54) is 0 Å². The van der Waals surface area contributed by atoms with Crippen LogP contribution >= 0.6 is 0 Å². The number of nitrogens with two attached hydrogens (primary N) is 2. The summed E-state index contributed by atoms with van der Waals surface area (Å²) >= 11 is 0. The van der Waals surface area contributed by atoms with Crippen LogP contribution in [0.15, 0.2) is 70.8 Å². The predicted octanol–water partition coefficient (Wildman–Crippen LogP) is 3.61. The molecule has 62 heavy (non-hydrogen) atoms. The Bertz CT molecular complexity index is 1720. The van der Waals surface area contributed by atoms with Crippen LogP contribution < -0.4 is 21.8 Å². The first-order valence-electron chi connectivity index (χ1n) is 21.9. The van der Waals surface area contributed by atoms with Gasteiger partial charge in [0.2, 0.25) is 11.8 Å². The van der Waals surface area contributed by atoms with E-state index in [9.17, 15) is 14.4 Å². The zero-order chi connectivity index (χ0) is 44.0. The average molecular weight is 865 g/mol. The highest BCUT2D eigenvalue weighted by Gasteiger charge is 2.29. The van der Waals surface area contributed by atoms with Crippen molar-refractivity contribution in [2.24, 2.45) is 33.5 Å². The van der Waals surface area contributed by atoms with E-state index in [0.717, 1.165) is 11.1 Å². The second-order valence-corrected chi connectivity index (χ2v) is 14.9. The molecule has 1 aliphatic carbocycles. The molecule has 2 aromatic rings. The van der Waals surface area contributed by atoms with Gasteiger partial charge in [-0.05, 0) is 36.3 Å². The number of ether oxygens (including phenoxy) is 7. The first-order valence-corrected chi connectivity index (χ1v) is 21.9. The van der Waals surface area contributed by atoms with Crippen molar-refractivity contribution in [2.75, 3.05) is 117 Å². The molecule has 16 heteroatoms. The number of benzene rings is 2. The van der Waals surface area contributed by atoms with Crippen LogP contribution in [-0.2, 0) is 54.1 Å². The number of Topliss-reactive ketones (excluding diaryl/α,β-unsaturated/α-hetero) is 1. The lowest BCUT2D eigenvalue weighted by Gasteiger charge is -2.30. The highest BCUT2D eigenvalue weighted by atomic mass is 16.6. The van der Waals surface area contributed by atoms with Crippen molar-refractivity contribution in [3.63, 3.8) is 0 Å². The molecule has 5 N–H and O–H groups in total. The van der Waals surface area contributed by atoms with Gasteiger partial charge in [-0.3, -0.25) is 19.4 Å². The van der Waals surface area contributed by atoms with Crippen molar-refractivity contribution >= 4 is 34.7 Å². The van der Waals surface area contributed by atoms with Crippen molar-refractivity contribution in [3.05, 3.63) is 77.4 Å². The maximum absolute atomic E-state index is 13.9. The summed E-state index contributed by atoms with van der Waals surface area (Å²) in [6.45, 7) is 9.83. The molecule has 2 aliphatic rings. The number of allylic oxidation sites excluding steroid dienone is 2. The molecule has 2 aromatic carbocycles. The molecular formula is C46H68N6O10. The van der Waals surface area contributed by atoms with E-state index in [-0.39, 0.29) is 24.0 Å². The highest BCUT2D eigenvalue weighted by Crippen LogP contribution is 2.30. The number of nitrogens with one attached hydrogen (secondary N) is 1. The Labute approximate surface area is 366 Å². The average Bonchev–Trinajstić information content (AvgIpc) is 3.28. The third-order valence-electron chi connectivity index (χ3n) is 10.3. The monoisotopic (exact) mass is 864 g/mol. The zero-order valence-corrected chi connectivity index (χ0v) is 36.5. The molecule has 16 nitrogen and oxygen atoms in total. The van der Waals surface area contributed by atoms with Gasteiger partial charge in [0, 0.05) is 49.9 Å². The van der Waals surface area contributed by atoms with Crippen LogP contribution in [0.3, 0.4) is 0 Å². The van der Waals surface area contributed by atoms with E-state index in [2.05, 4.69) is 29.5 Å². The third kappa shape index (κ3) is 18.5. The van der Waals surface area contributed by atoms with Crippen LogP contribution in [0.5, 0.6) is 0 Å². The van der Waals surface area contributed by atoms with Gasteiger partial charge in [-0.15, -0.1) is 0 Å². The highest BCUT2D eigenvalue weighted by molar-refractivity contribution is 6.54. The molecule has 342 valence electrons. The van der Waals surface area contributed by atoms with Gasteiger partial charge in [0.1, 0.15) is 11.5 Å². The molecule has 0 radical (unpaired) electrons. The number of para-hydroxylation sites is 1. The van der Waals surface area contributed by atoms with Crippen LogP contribution in [0.1, 0.15) is 62.1 Å².